The van der Waals surface area contributed by atoms with E-state index in [2.05, 4.69) is 97.1 Å². The molecule has 106 valence electrons. The van der Waals surface area contributed by atoms with Gasteiger partial charge >= 0.3 is 29.6 Å². The fraction of sp³-hybridized carbons (Fsp3) is 0.0476. The summed E-state index contributed by atoms with van der Waals surface area (Å²) >= 11 is 0. The van der Waals surface area contributed by atoms with E-state index in [1.807, 2.05) is 0 Å². The molecule has 0 aliphatic rings. The molecule has 4 rings (SSSR count). The predicted octanol–water partition coefficient (Wildman–Crippen LogP) is 5.67. The molecule has 4 aromatic carbocycles. The Morgan fingerprint density at radius 1 is 0.318 bits per heavy atom. The Kier molecular flexibility index (Phi) is 7.90. The van der Waals surface area contributed by atoms with Crippen LogP contribution in [0.4, 0.5) is 0 Å². The number of hydrogen-bond donors (Lipinski definition) is 0. The Morgan fingerprint density at radius 3 is 0.591 bits per heavy atom. The zero-order valence-electron chi connectivity index (χ0n) is 11.2. The molecule has 0 heterocycles. The Bertz CT molecular complexity index is 619. The van der Waals surface area contributed by atoms with Crippen molar-refractivity contribution in [2.45, 2.75) is 7.43 Å². The van der Waals surface area contributed by atoms with Crippen molar-refractivity contribution in [1.82, 2.24) is 0 Å². The van der Waals surface area contributed by atoms with Gasteiger partial charge < -0.3 is 0 Å². The maximum Gasteiger partial charge on any atom is -0.0184 e. The fourth-order valence-corrected chi connectivity index (χ4v) is 2.27. The third-order valence-corrected chi connectivity index (χ3v) is 3.32. The van der Waals surface area contributed by atoms with Gasteiger partial charge in [-0.15, -0.1) is 0 Å². The molecule has 0 radical (unpaired) electrons. The second-order valence-corrected chi connectivity index (χ2v) is 4.69. The molecule has 0 unspecified atom stereocenters. The molecule has 0 bridgehead atoms. The molecule has 0 saturated heterocycles. The first kappa shape index (κ1) is 18.4. The first-order valence-electron chi connectivity index (χ1n) is 6.81. The molecule has 0 atom stereocenters. The molecule has 0 N–H and O–H groups in total. The van der Waals surface area contributed by atoms with E-state index >= 15 is 0 Å². The van der Waals surface area contributed by atoms with Gasteiger partial charge in [0.1, 0.15) is 0 Å². The van der Waals surface area contributed by atoms with Gasteiger partial charge in [-0.3, -0.25) is 0 Å². The average Bonchev–Trinajstić information content (AvgIpc) is 2.56. The van der Waals surface area contributed by atoms with Crippen LogP contribution in [-0.2, 0) is 0 Å². The van der Waals surface area contributed by atoms with E-state index in [4.69, 9.17) is 0 Å². The van der Waals surface area contributed by atoms with Gasteiger partial charge in [0.15, 0.2) is 0 Å². The molecule has 0 fully saturated rings. The number of benzene rings is 4. The minimum atomic E-state index is 0. The molecule has 0 amide bonds. The van der Waals surface area contributed by atoms with Gasteiger partial charge in [-0.25, -0.2) is 0 Å². The SMILES string of the molecule is C.[NaH].c1ccc2ccccc2c1.c1ccc2ccccc2c1. The van der Waals surface area contributed by atoms with Crippen molar-refractivity contribution < 1.29 is 0 Å². The van der Waals surface area contributed by atoms with Crippen LogP contribution in [0.5, 0.6) is 0 Å². The Labute approximate surface area is 155 Å². The smallest absolute Gasteiger partial charge is 0.0184 e. The zero-order chi connectivity index (χ0) is 13.6. The first-order valence-corrected chi connectivity index (χ1v) is 6.81. The molecule has 0 saturated carbocycles. The van der Waals surface area contributed by atoms with Gasteiger partial charge in [-0.1, -0.05) is 104 Å². The van der Waals surface area contributed by atoms with Gasteiger partial charge in [-0.05, 0) is 21.5 Å². The van der Waals surface area contributed by atoms with Gasteiger partial charge in [-0.2, -0.15) is 0 Å². The molecule has 1 heteroatoms. The topological polar surface area (TPSA) is 0 Å². The van der Waals surface area contributed by atoms with E-state index in [0.29, 0.717) is 0 Å². The standard InChI is InChI=1S/2C10H8.CH4.Na.H/c2*1-2-6-10-8-4-3-7-9(10)5-1;;;/h2*1-8H;1H4;;. The Hall–Kier alpha value is -1.60. The van der Waals surface area contributed by atoms with Crippen molar-refractivity contribution in [2.24, 2.45) is 0 Å². The molecule has 4 aromatic rings. The summed E-state index contributed by atoms with van der Waals surface area (Å²) in [6.45, 7) is 0. The van der Waals surface area contributed by atoms with Gasteiger partial charge in [0, 0.05) is 0 Å². The average molecular weight is 296 g/mol. The quantitative estimate of drug-likeness (QED) is 0.367. The van der Waals surface area contributed by atoms with Crippen LogP contribution in [0.15, 0.2) is 97.1 Å². The summed E-state index contributed by atoms with van der Waals surface area (Å²) in [5, 5.41) is 5.24. The van der Waals surface area contributed by atoms with E-state index < -0.39 is 0 Å². The van der Waals surface area contributed by atoms with Gasteiger partial charge in [0.2, 0.25) is 0 Å². The normalized spacial score (nSPS) is 9.09. The summed E-state index contributed by atoms with van der Waals surface area (Å²) in [4.78, 5) is 0. The Balaban J connectivity index is 0.000000202. The minimum Gasteiger partial charge on any atom is -0.0616 e. The summed E-state index contributed by atoms with van der Waals surface area (Å²) in [7, 11) is 0. The molecule has 0 aliphatic heterocycles. The van der Waals surface area contributed by atoms with Crippen molar-refractivity contribution in [3.63, 3.8) is 0 Å². The molecule has 0 aromatic heterocycles. The molecule has 0 aliphatic carbocycles. The number of rotatable bonds is 0. The van der Waals surface area contributed by atoms with Crippen LogP contribution >= 0.6 is 0 Å². The van der Waals surface area contributed by atoms with E-state index in [1.54, 1.807) is 0 Å². The van der Waals surface area contributed by atoms with Crippen molar-refractivity contribution in [1.29, 1.82) is 0 Å². The molecular weight excluding hydrogens is 275 g/mol. The molecule has 22 heavy (non-hydrogen) atoms. The monoisotopic (exact) mass is 296 g/mol. The Morgan fingerprint density at radius 2 is 0.455 bits per heavy atom. The largest absolute Gasteiger partial charge is 0.0616 e. The van der Waals surface area contributed by atoms with Gasteiger partial charge in [0.25, 0.3) is 0 Å². The molecule has 0 nitrogen and oxygen atoms in total. The molecular formula is C21H21Na. The van der Waals surface area contributed by atoms with Crippen LogP contribution in [-0.4, -0.2) is 29.6 Å². The zero-order valence-corrected chi connectivity index (χ0v) is 11.2. The summed E-state index contributed by atoms with van der Waals surface area (Å²) in [6.07, 6.45) is 0. The van der Waals surface area contributed by atoms with Crippen molar-refractivity contribution in [3.8, 4) is 0 Å². The van der Waals surface area contributed by atoms with Crippen molar-refractivity contribution in [3.05, 3.63) is 97.1 Å². The van der Waals surface area contributed by atoms with E-state index in [9.17, 15) is 0 Å². The molecule has 0 spiro atoms. The summed E-state index contributed by atoms with van der Waals surface area (Å²) in [6, 6.07) is 33.4. The van der Waals surface area contributed by atoms with E-state index in [-0.39, 0.29) is 37.0 Å². The summed E-state index contributed by atoms with van der Waals surface area (Å²) < 4.78 is 0. The van der Waals surface area contributed by atoms with Crippen LogP contribution in [0.3, 0.4) is 0 Å². The maximum atomic E-state index is 2.12. The first-order chi connectivity index (χ1) is 9.93. The summed E-state index contributed by atoms with van der Waals surface area (Å²) in [5.74, 6) is 0. The van der Waals surface area contributed by atoms with E-state index in [1.165, 1.54) is 21.5 Å². The maximum absolute atomic E-state index is 2.12. The van der Waals surface area contributed by atoms with Crippen LogP contribution in [0.1, 0.15) is 7.43 Å². The van der Waals surface area contributed by atoms with Crippen LogP contribution < -0.4 is 0 Å². The van der Waals surface area contributed by atoms with Crippen LogP contribution in [0.25, 0.3) is 21.5 Å². The third-order valence-electron chi connectivity index (χ3n) is 3.32. The number of fused-ring (bicyclic) bond motifs is 2. The second-order valence-electron chi connectivity index (χ2n) is 4.69. The van der Waals surface area contributed by atoms with Crippen LogP contribution in [0.2, 0.25) is 0 Å². The van der Waals surface area contributed by atoms with Crippen LogP contribution in [0, 0.1) is 0 Å². The third kappa shape index (κ3) is 4.71. The van der Waals surface area contributed by atoms with Gasteiger partial charge in [0.05, 0.1) is 0 Å². The predicted molar refractivity (Wildman–Crippen MR) is 102 cm³/mol. The van der Waals surface area contributed by atoms with E-state index in [0.717, 1.165) is 0 Å². The van der Waals surface area contributed by atoms with Crippen molar-refractivity contribution in [2.75, 3.05) is 0 Å². The summed E-state index contributed by atoms with van der Waals surface area (Å²) in [5.41, 5.74) is 0. The minimum absolute atomic E-state index is 0. The second kappa shape index (κ2) is 9.42. The fourth-order valence-electron chi connectivity index (χ4n) is 2.27. The number of hydrogen-bond acceptors (Lipinski definition) is 0. The van der Waals surface area contributed by atoms with Crippen molar-refractivity contribution >= 4 is 51.1 Å².